The summed E-state index contributed by atoms with van der Waals surface area (Å²) in [5.41, 5.74) is 3.80. The molecule has 0 fully saturated rings. The Hall–Kier alpha value is -4.79. The van der Waals surface area contributed by atoms with Crippen LogP contribution in [0.2, 0.25) is 0 Å². The van der Waals surface area contributed by atoms with Crippen LogP contribution in [0.4, 0.5) is 11.4 Å². The van der Waals surface area contributed by atoms with Crippen LogP contribution in [0.25, 0.3) is 34.0 Å². The summed E-state index contributed by atoms with van der Waals surface area (Å²) in [5.74, 6) is 0.458. The zero-order valence-electron chi connectivity index (χ0n) is 17.3. The van der Waals surface area contributed by atoms with Crippen molar-refractivity contribution < 1.29 is 18.6 Å². The number of hydrogen-bond acceptors (Lipinski definition) is 7. The zero-order valence-corrected chi connectivity index (χ0v) is 17.3. The molecule has 0 atom stereocenters. The van der Waals surface area contributed by atoms with E-state index in [-0.39, 0.29) is 11.4 Å². The molecule has 0 bridgehead atoms. The predicted octanol–water partition coefficient (Wildman–Crippen LogP) is 5.62. The number of carbonyl (C=O) groups is 1. The summed E-state index contributed by atoms with van der Waals surface area (Å²) < 4.78 is 11.4. The summed E-state index contributed by atoms with van der Waals surface area (Å²) in [6.07, 6.45) is 1.65. The first-order chi connectivity index (χ1) is 16.0. The molecule has 1 amide bonds. The van der Waals surface area contributed by atoms with Gasteiger partial charge in [0.2, 0.25) is 5.89 Å². The van der Waals surface area contributed by atoms with Gasteiger partial charge in [-0.15, -0.1) is 0 Å². The molecule has 0 spiro atoms. The van der Waals surface area contributed by atoms with E-state index in [1.165, 1.54) is 18.2 Å². The number of aromatic nitrogens is 2. The smallest absolute Gasteiger partial charge is 0.291 e. The molecule has 162 valence electrons. The lowest BCUT2D eigenvalue weighted by Crippen LogP contribution is -2.11. The van der Waals surface area contributed by atoms with Gasteiger partial charge in [-0.1, -0.05) is 12.1 Å². The minimum absolute atomic E-state index is 0.0554. The molecule has 0 saturated heterocycles. The van der Waals surface area contributed by atoms with Gasteiger partial charge in [0.25, 0.3) is 11.6 Å². The molecule has 3 aromatic heterocycles. The fourth-order valence-corrected chi connectivity index (χ4v) is 3.45. The van der Waals surface area contributed by atoms with E-state index < -0.39 is 10.8 Å². The molecule has 0 aliphatic carbocycles. The van der Waals surface area contributed by atoms with E-state index in [1.807, 2.05) is 13.0 Å². The third-order valence-electron chi connectivity index (χ3n) is 5.05. The minimum Gasteiger partial charge on any atom is -0.451 e. The number of nitro groups is 1. The van der Waals surface area contributed by atoms with Crippen LogP contribution in [0.15, 0.2) is 81.8 Å². The highest BCUT2D eigenvalue weighted by Gasteiger charge is 2.16. The molecule has 5 rings (SSSR count). The number of non-ortho nitro benzene ring substituents is 1. The number of benzene rings is 2. The molecule has 2 aromatic carbocycles. The first-order valence-corrected chi connectivity index (χ1v) is 9.96. The van der Waals surface area contributed by atoms with Crippen molar-refractivity contribution in [2.75, 3.05) is 5.32 Å². The molecule has 9 heteroatoms. The van der Waals surface area contributed by atoms with Gasteiger partial charge in [0.1, 0.15) is 5.76 Å². The topological polar surface area (TPSA) is 124 Å². The molecule has 0 aliphatic heterocycles. The lowest BCUT2D eigenvalue weighted by Gasteiger charge is -2.07. The van der Waals surface area contributed by atoms with Gasteiger partial charge in [0.15, 0.2) is 17.0 Å². The number of anilines is 1. The lowest BCUT2D eigenvalue weighted by atomic mass is 10.1. The number of fused-ring (bicyclic) bond motifs is 1. The van der Waals surface area contributed by atoms with Crippen LogP contribution in [-0.2, 0) is 0 Å². The molecule has 1 N–H and O–H groups in total. The van der Waals surface area contributed by atoms with E-state index in [0.29, 0.717) is 34.1 Å². The molecule has 0 radical (unpaired) electrons. The fourth-order valence-electron chi connectivity index (χ4n) is 3.45. The maximum absolute atomic E-state index is 12.7. The average molecular weight is 440 g/mol. The second-order valence-corrected chi connectivity index (χ2v) is 7.30. The molecular weight excluding hydrogens is 424 g/mol. The molecule has 9 nitrogen and oxygen atoms in total. The van der Waals surface area contributed by atoms with Crippen LogP contribution < -0.4 is 5.32 Å². The maximum atomic E-state index is 12.7. The lowest BCUT2D eigenvalue weighted by molar-refractivity contribution is -0.384. The Bertz CT molecular complexity index is 1490. The number of aryl methyl sites for hydroxylation is 1. The Morgan fingerprint density at radius 2 is 1.91 bits per heavy atom. The number of nitro benzene ring substituents is 1. The van der Waals surface area contributed by atoms with E-state index in [4.69, 9.17) is 8.83 Å². The molecule has 3 heterocycles. The number of pyridine rings is 1. The van der Waals surface area contributed by atoms with Crippen molar-refractivity contribution in [1.29, 1.82) is 0 Å². The van der Waals surface area contributed by atoms with Crippen LogP contribution in [0.1, 0.15) is 16.1 Å². The van der Waals surface area contributed by atoms with Gasteiger partial charge in [-0.3, -0.25) is 14.9 Å². The summed E-state index contributed by atoms with van der Waals surface area (Å²) in [6.45, 7) is 1.89. The standard InChI is InChI=1S/C24H16N4O5/c1-14-12-16(7-8-18(14)24-27-22-20(33-24)6-3-11-25-22)26-23(29)21-10-9-19(32-21)15-4-2-5-17(13-15)28(30)31/h2-13H,1H3,(H,26,29). The Labute approximate surface area is 186 Å². The van der Waals surface area contributed by atoms with E-state index in [1.54, 1.807) is 48.7 Å². The van der Waals surface area contributed by atoms with E-state index in [2.05, 4.69) is 15.3 Å². The van der Waals surface area contributed by atoms with Crippen LogP contribution in [0.3, 0.4) is 0 Å². The number of nitrogens with zero attached hydrogens (tertiary/aromatic N) is 3. The van der Waals surface area contributed by atoms with Gasteiger partial charge in [-0.25, -0.2) is 4.98 Å². The summed E-state index contributed by atoms with van der Waals surface area (Å²) in [6, 6.07) is 18.1. The summed E-state index contributed by atoms with van der Waals surface area (Å²) >= 11 is 0. The zero-order chi connectivity index (χ0) is 22.9. The SMILES string of the molecule is Cc1cc(NC(=O)c2ccc(-c3cccc([N+](=O)[O-])c3)o2)ccc1-c1nc2ncccc2o1. The number of oxazole rings is 1. The second-order valence-electron chi connectivity index (χ2n) is 7.30. The Morgan fingerprint density at radius 3 is 2.70 bits per heavy atom. The van der Waals surface area contributed by atoms with Crippen molar-refractivity contribution in [3.8, 4) is 22.8 Å². The molecule has 5 aromatic rings. The number of carbonyl (C=O) groups excluding carboxylic acids is 1. The van der Waals surface area contributed by atoms with Crippen molar-refractivity contribution >= 4 is 28.5 Å². The maximum Gasteiger partial charge on any atom is 0.291 e. The van der Waals surface area contributed by atoms with E-state index in [0.717, 1.165) is 11.1 Å². The normalized spacial score (nSPS) is 10.9. The number of rotatable bonds is 5. The van der Waals surface area contributed by atoms with Crippen molar-refractivity contribution in [3.05, 3.63) is 94.4 Å². The highest BCUT2D eigenvalue weighted by atomic mass is 16.6. The fraction of sp³-hybridized carbons (Fsp3) is 0.0417. The van der Waals surface area contributed by atoms with Gasteiger partial charge in [-0.2, -0.15) is 4.98 Å². The highest BCUT2D eigenvalue weighted by molar-refractivity contribution is 6.02. The van der Waals surface area contributed by atoms with Crippen molar-refractivity contribution in [3.63, 3.8) is 0 Å². The third kappa shape index (κ3) is 3.94. The van der Waals surface area contributed by atoms with E-state index >= 15 is 0 Å². The Balaban J connectivity index is 1.35. The van der Waals surface area contributed by atoms with Crippen molar-refractivity contribution in [1.82, 2.24) is 9.97 Å². The Morgan fingerprint density at radius 1 is 1.03 bits per heavy atom. The number of furan rings is 1. The summed E-state index contributed by atoms with van der Waals surface area (Å²) in [7, 11) is 0. The number of nitrogens with one attached hydrogen (secondary N) is 1. The largest absolute Gasteiger partial charge is 0.451 e. The first kappa shape index (κ1) is 20.1. The summed E-state index contributed by atoms with van der Waals surface area (Å²) in [4.78, 5) is 31.8. The van der Waals surface area contributed by atoms with Crippen molar-refractivity contribution in [2.24, 2.45) is 0 Å². The average Bonchev–Trinajstić information content (AvgIpc) is 3.47. The van der Waals surface area contributed by atoms with Crippen LogP contribution >= 0.6 is 0 Å². The number of hydrogen-bond donors (Lipinski definition) is 1. The van der Waals surface area contributed by atoms with Gasteiger partial charge in [-0.05, 0) is 55.0 Å². The molecule has 0 aliphatic rings. The molecule has 0 unspecified atom stereocenters. The number of amides is 1. The third-order valence-corrected chi connectivity index (χ3v) is 5.05. The first-order valence-electron chi connectivity index (χ1n) is 9.96. The quantitative estimate of drug-likeness (QED) is 0.278. The van der Waals surface area contributed by atoms with Gasteiger partial charge < -0.3 is 14.2 Å². The Kier molecular flexibility index (Phi) is 4.91. The van der Waals surface area contributed by atoms with Gasteiger partial charge in [0.05, 0.1) is 4.92 Å². The molecule has 0 saturated carbocycles. The van der Waals surface area contributed by atoms with Crippen LogP contribution in [0, 0.1) is 17.0 Å². The highest BCUT2D eigenvalue weighted by Crippen LogP contribution is 2.29. The monoisotopic (exact) mass is 440 g/mol. The van der Waals surface area contributed by atoms with Crippen LogP contribution in [-0.4, -0.2) is 20.8 Å². The van der Waals surface area contributed by atoms with Gasteiger partial charge >= 0.3 is 0 Å². The van der Waals surface area contributed by atoms with E-state index in [9.17, 15) is 14.9 Å². The molecular formula is C24H16N4O5. The van der Waals surface area contributed by atoms with Crippen LogP contribution in [0.5, 0.6) is 0 Å². The summed E-state index contributed by atoms with van der Waals surface area (Å²) in [5, 5.41) is 13.8. The molecule has 33 heavy (non-hydrogen) atoms. The second kappa shape index (κ2) is 8.04. The van der Waals surface area contributed by atoms with Gasteiger partial charge in [0, 0.05) is 35.1 Å². The predicted molar refractivity (Wildman–Crippen MR) is 121 cm³/mol. The minimum atomic E-state index is -0.483. The van der Waals surface area contributed by atoms with Crippen molar-refractivity contribution in [2.45, 2.75) is 6.92 Å².